The number of carbonyl (C=O) groups excluding carboxylic acids is 1. The Morgan fingerprint density at radius 3 is 2.52 bits per heavy atom. The highest BCUT2D eigenvalue weighted by Crippen LogP contribution is 2.38. The normalized spacial score (nSPS) is 24.2. The number of hydrogen-bond acceptors (Lipinski definition) is 5. The maximum Gasteiger partial charge on any atom is 0.410 e. The van der Waals surface area contributed by atoms with E-state index in [2.05, 4.69) is 4.90 Å². The molecule has 2 heterocycles. The van der Waals surface area contributed by atoms with Crippen molar-refractivity contribution in [2.45, 2.75) is 63.3 Å². The number of rotatable bonds is 4. The Balaban J connectivity index is 1.71. The molecule has 0 saturated carbocycles. The van der Waals surface area contributed by atoms with Gasteiger partial charge in [0.25, 0.3) is 0 Å². The monoisotopic (exact) mass is 376 g/mol. The van der Waals surface area contributed by atoms with E-state index in [-0.39, 0.29) is 37.9 Å². The van der Waals surface area contributed by atoms with E-state index >= 15 is 0 Å². The number of hydrogen-bond donors (Lipinski definition) is 2. The Bertz CT molecular complexity index is 637. The topological polar surface area (TPSA) is 73.2 Å². The maximum absolute atomic E-state index is 12.2. The van der Waals surface area contributed by atoms with Gasteiger partial charge < -0.3 is 19.8 Å². The van der Waals surface area contributed by atoms with Crippen LogP contribution in [-0.2, 0) is 4.74 Å². The summed E-state index contributed by atoms with van der Waals surface area (Å²) < 4.78 is 5.41. The summed E-state index contributed by atoms with van der Waals surface area (Å²) in [6, 6.07) is 9.72. The van der Waals surface area contributed by atoms with E-state index in [4.69, 9.17) is 4.74 Å². The first-order valence-electron chi connectivity index (χ1n) is 9.85. The summed E-state index contributed by atoms with van der Waals surface area (Å²) in [7, 11) is 0. The summed E-state index contributed by atoms with van der Waals surface area (Å²) in [6.07, 6.45) is 2.58. The largest absolute Gasteiger partial charge is 0.444 e. The number of amides is 1. The predicted molar refractivity (Wildman–Crippen MR) is 103 cm³/mol. The molecular formula is C21H32N2O4. The molecule has 2 aliphatic heterocycles. The van der Waals surface area contributed by atoms with Crippen molar-refractivity contribution in [1.29, 1.82) is 0 Å². The lowest BCUT2D eigenvalue weighted by Gasteiger charge is -2.55. The van der Waals surface area contributed by atoms with Gasteiger partial charge in [-0.25, -0.2) is 4.79 Å². The molecule has 1 amide bonds. The van der Waals surface area contributed by atoms with Gasteiger partial charge >= 0.3 is 6.09 Å². The van der Waals surface area contributed by atoms with E-state index < -0.39 is 11.2 Å². The van der Waals surface area contributed by atoms with Crippen molar-refractivity contribution in [3.63, 3.8) is 0 Å². The highest BCUT2D eigenvalue weighted by molar-refractivity contribution is 5.69. The number of nitrogens with zero attached hydrogens (tertiary/aromatic N) is 2. The Labute approximate surface area is 161 Å². The van der Waals surface area contributed by atoms with Gasteiger partial charge in [0.15, 0.2) is 0 Å². The maximum atomic E-state index is 12.2. The lowest BCUT2D eigenvalue weighted by Crippen LogP contribution is -2.73. The number of aliphatic hydroxyl groups excluding tert-OH is 1. The van der Waals surface area contributed by atoms with Crippen LogP contribution in [-0.4, -0.2) is 69.6 Å². The first-order chi connectivity index (χ1) is 12.7. The number of β-amino-alcohol motifs (C(OH)–C–C–N with tert-alkyl or cyclic N) is 1. The standard InChI is InChI=1S/C21H32N2O4/c1-20(2,3)27-19(25)22-14-21(26,15-22)18-11-7-8-12-23(18)17(13-24)16-9-5-4-6-10-16/h4-6,9-10,17-18,24,26H,7-8,11-15H2,1-3H3/t17-,18+/m1/s1. The van der Waals surface area contributed by atoms with Gasteiger partial charge in [-0.3, -0.25) is 4.90 Å². The molecule has 0 aromatic heterocycles. The molecule has 2 fully saturated rings. The third-order valence-electron chi connectivity index (χ3n) is 5.50. The van der Waals surface area contributed by atoms with Crippen LogP contribution in [0.2, 0.25) is 0 Å². The molecule has 2 N–H and O–H groups in total. The van der Waals surface area contributed by atoms with Crippen molar-refractivity contribution in [3.8, 4) is 0 Å². The van der Waals surface area contributed by atoms with Gasteiger partial charge in [-0.1, -0.05) is 36.8 Å². The van der Waals surface area contributed by atoms with E-state index in [1.165, 1.54) is 0 Å². The van der Waals surface area contributed by atoms with Crippen LogP contribution in [0.1, 0.15) is 51.6 Å². The van der Waals surface area contributed by atoms with Crippen LogP contribution in [0.5, 0.6) is 0 Å². The molecule has 0 radical (unpaired) electrons. The summed E-state index contributed by atoms with van der Waals surface area (Å²) in [6.45, 7) is 6.90. The third kappa shape index (κ3) is 4.45. The quantitative estimate of drug-likeness (QED) is 0.845. The van der Waals surface area contributed by atoms with Crippen LogP contribution in [0.4, 0.5) is 4.79 Å². The molecule has 1 aromatic carbocycles. The van der Waals surface area contributed by atoms with Gasteiger partial charge in [0.1, 0.15) is 11.2 Å². The number of ether oxygens (including phenoxy) is 1. The van der Waals surface area contributed by atoms with Crippen molar-refractivity contribution >= 4 is 6.09 Å². The van der Waals surface area contributed by atoms with Crippen molar-refractivity contribution in [3.05, 3.63) is 35.9 Å². The molecule has 0 bridgehead atoms. The molecular weight excluding hydrogens is 344 g/mol. The summed E-state index contributed by atoms with van der Waals surface area (Å²) in [5, 5.41) is 21.3. The molecule has 3 rings (SSSR count). The van der Waals surface area contributed by atoms with E-state index in [1.807, 2.05) is 51.1 Å². The Morgan fingerprint density at radius 2 is 1.93 bits per heavy atom. The Kier molecular flexibility index (Phi) is 5.79. The van der Waals surface area contributed by atoms with E-state index in [0.29, 0.717) is 0 Å². The molecule has 2 saturated heterocycles. The minimum atomic E-state index is -0.959. The summed E-state index contributed by atoms with van der Waals surface area (Å²) >= 11 is 0. The zero-order chi connectivity index (χ0) is 19.7. The van der Waals surface area contributed by atoms with Gasteiger partial charge in [-0.2, -0.15) is 0 Å². The SMILES string of the molecule is CC(C)(C)OC(=O)N1CC(O)([C@@H]2CCCCN2[C@H](CO)c2ccccc2)C1. The molecule has 1 aromatic rings. The van der Waals surface area contributed by atoms with Crippen molar-refractivity contribution in [2.75, 3.05) is 26.2 Å². The number of likely N-dealkylation sites (tertiary alicyclic amines) is 2. The van der Waals surface area contributed by atoms with Crippen LogP contribution in [0, 0.1) is 0 Å². The van der Waals surface area contributed by atoms with Crippen LogP contribution < -0.4 is 0 Å². The Hall–Kier alpha value is -1.63. The molecule has 2 aliphatic rings. The molecule has 0 spiro atoms. The van der Waals surface area contributed by atoms with E-state index in [0.717, 1.165) is 31.4 Å². The van der Waals surface area contributed by atoms with Crippen molar-refractivity contribution in [1.82, 2.24) is 9.80 Å². The average Bonchev–Trinajstić information content (AvgIpc) is 2.59. The number of piperidine rings is 1. The van der Waals surface area contributed by atoms with E-state index in [1.54, 1.807) is 4.90 Å². The summed E-state index contributed by atoms with van der Waals surface area (Å²) in [5.74, 6) is 0. The first kappa shape index (κ1) is 20.1. The number of carbonyl (C=O) groups is 1. The highest BCUT2D eigenvalue weighted by atomic mass is 16.6. The molecule has 6 nitrogen and oxygen atoms in total. The third-order valence-corrected chi connectivity index (χ3v) is 5.50. The lowest BCUT2D eigenvalue weighted by atomic mass is 9.79. The molecule has 6 heteroatoms. The van der Waals surface area contributed by atoms with Gasteiger partial charge in [0.05, 0.1) is 25.7 Å². The van der Waals surface area contributed by atoms with Crippen molar-refractivity contribution in [2.24, 2.45) is 0 Å². The fourth-order valence-corrected chi connectivity index (χ4v) is 4.26. The molecule has 150 valence electrons. The molecule has 0 aliphatic carbocycles. The van der Waals surface area contributed by atoms with Crippen LogP contribution >= 0.6 is 0 Å². The second-order valence-corrected chi connectivity index (χ2v) is 8.80. The zero-order valence-corrected chi connectivity index (χ0v) is 16.6. The van der Waals surface area contributed by atoms with Crippen molar-refractivity contribution < 1.29 is 19.7 Å². The lowest BCUT2D eigenvalue weighted by molar-refractivity contribution is -0.158. The second kappa shape index (κ2) is 7.78. The highest BCUT2D eigenvalue weighted by Gasteiger charge is 2.53. The molecule has 27 heavy (non-hydrogen) atoms. The molecule has 2 atom stereocenters. The fourth-order valence-electron chi connectivity index (χ4n) is 4.26. The smallest absolute Gasteiger partial charge is 0.410 e. The first-order valence-corrected chi connectivity index (χ1v) is 9.85. The van der Waals surface area contributed by atoms with Gasteiger partial charge in [0.2, 0.25) is 0 Å². The molecule has 0 unspecified atom stereocenters. The minimum Gasteiger partial charge on any atom is -0.444 e. The van der Waals surface area contributed by atoms with Crippen LogP contribution in [0.15, 0.2) is 30.3 Å². The van der Waals surface area contributed by atoms with Gasteiger partial charge in [-0.15, -0.1) is 0 Å². The van der Waals surface area contributed by atoms with Crippen LogP contribution in [0.3, 0.4) is 0 Å². The van der Waals surface area contributed by atoms with Gasteiger partial charge in [-0.05, 0) is 45.7 Å². The second-order valence-electron chi connectivity index (χ2n) is 8.80. The number of aliphatic hydroxyl groups is 2. The summed E-state index contributed by atoms with van der Waals surface area (Å²) in [5.41, 5.74) is -0.449. The minimum absolute atomic E-state index is 0.00632. The fraction of sp³-hybridized carbons (Fsp3) is 0.667. The van der Waals surface area contributed by atoms with Crippen LogP contribution in [0.25, 0.3) is 0 Å². The van der Waals surface area contributed by atoms with E-state index in [9.17, 15) is 15.0 Å². The van der Waals surface area contributed by atoms with Gasteiger partial charge in [0, 0.05) is 6.04 Å². The average molecular weight is 376 g/mol. The predicted octanol–water partition coefficient (Wildman–Crippen LogP) is 2.56. The zero-order valence-electron chi connectivity index (χ0n) is 16.6. The number of benzene rings is 1. The Morgan fingerprint density at radius 1 is 1.26 bits per heavy atom. The summed E-state index contributed by atoms with van der Waals surface area (Å²) in [4.78, 5) is 16.0.